The molecule has 0 saturated heterocycles. The predicted octanol–water partition coefficient (Wildman–Crippen LogP) is 3.42. The summed E-state index contributed by atoms with van der Waals surface area (Å²) in [7, 11) is 0. The average molecular weight is 382 g/mol. The number of nitrogens with two attached hydrogens (primary N) is 1. The van der Waals surface area contributed by atoms with Crippen LogP contribution in [0.2, 0.25) is 0 Å². The third-order valence-electron chi connectivity index (χ3n) is 4.42. The van der Waals surface area contributed by atoms with Crippen molar-refractivity contribution < 1.29 is 4.79 Å². The summed E-state index contributed by atoms with van der Waals surface area (Å²) in [5, 5.41) is 9.05. The SMILES string of the molecule is CCc1cccc(CC)c1-n1c(S[C@@H](C)C(N)=O)nnc1-c1cccnc1. The van der Waals surface area contributed by atoms with Crippen molar-refractivity contribution in [2.24, 2.45) is 5.73 Å². The van der Waals surface area contributed by atoms with Gasteiger partial charge in [-0.3, -0.25) is 14.3 Å². The molecule has 140 valence electrons. The second-order valence-corrected chi connectivity index (χ2v) is 7.49. The predicted molar refractivity (Wildman–Crippen MR) is 108 cm³/mol. The maximum Gasteiger partial charge on any atom is 0.230 e. The highest BCUT2D eigenvalue weighted by atomic mass is 32.2. The Bertz CT molecular complexity index is 917. The van der Waals surface area contributed by atoms with Crippen molar-refractivity contribution in [3.05, 3.63) is 53.9 Å². The van der Waals surface area contributed by atoms with Gasteiger partial charge in [0.15, 0.2) is 11.0 Å². The molecule has 0 aliphatic rings. The first kappa shape index (κ1) is 19.1. The monoisotopic (exact) mass is 381 g/mol. The van der Waals surface area contributed by atoms with Crippen molar-refractivity contribution in [1.82, 2.24) is 19.7 Å². The molecule has 2 N–H and O–H groups in total. The van der Waals surface area contributed by atoms with Crippen LogP contribution in [0.3, 0.4) is 0 Å². The molecule has 0 aliphatic heterocycles. The number of benzene rings is 1. The van der Waals surface area contributed by atoms with Crippen molar-refractivity contribution in [1.29, 1.82) is 0 Å². The zero-order valence-electron chi connectivity index (χ0n) is 15.7. The molecule has 3 aromatic rings. The minimum absolute atomic E-state index is 0.378. The Labute approximate surface area is 163 Å². The van der Waals surface area contributed by atoms with Gasteiger partial charge in [-0.2, -0.15) is 0 Å². The maximum absolute atomic E-state index is 11.6. The summed E-state index contributed by atoms with van der Waals surface area (Å²) in [6, 6.07) is 10.1. The van der Waals surface area contributed by atoms with E-state index >= 15 is 0 Å². The molecule has 2 aromatic heterocycles. The zero-order chi connectivity index (χ0) is 19.4. The van der Waals surface area contributed by atoms with Crippen LogP contribution in [0.5, 0.6) is 0 Å². The number of carbonyl (C=O) groups excluding carboxylic acids is 1. The lowest BCUT2D eigenvalue weighted by Crippen LogP contribution is -2.23. The largest absolute Gasteiger partial charge is 0.369 e. The van der Waals surface area contributed by atoms with Gasteiger partial charge in [0.1, 0.15) is 0 Å². The van der Waals surface area contributed by atoms with Crippen LogP contribution in [0.1, 0.15) is 31.9 Å². The molecule has 27 heavy (non-hydrogen) atoms. The number of pyridine rings is 1. The molecular weight excluding hydrogens is 358 g/mol. The van der Waals surface area contributed by atoms with Gasteiger partial charge in [-0.1, -0.05) is 43.8 Å². The third kappa shape index (κ3) is 3.88. The number of primary amides is 1. The van der Waals surface area contributed by atoms with Gasteiger partial charge >= 0.3 is 0 Å². The summed E-state index contributed by atoms with van der Waals surface area (Å²) in [4.78, 5) is 15.8. The van der Waals surface area contributed by atoms with E-state index in [2.05, 4.69) is 47.2 Å². The maximum atomic E-state index is 11.6. The van der Waals surface area contributed by atoms with E-state index in [0.717, 1.165) is 24.1 Å². The Morgan fingerprint density at radius 3 is 2.41 bits per heavy atom. The van der Waals surface area contributed by atoms with Gasteiger partial charge in [-0.05, 0) is 43.0 Å². The minimum Gasteiger partial charge on any atom is -0.369 e. The fourth-order valence-electron chi connectivity index (χ4n) is 2.95. The highest BCUT2D eigenvalue weighted by Crippen LogP contribution is 2.33. The van der Waals surface area contributed by atoms with E-state index in [1.54, 1.807) is 19.3 Å². The number of carbonyl (C=O) groups is 1. The summed E-state index contributed by atoms with van der Waals surface area (Å²) in [5.41, 5.74) is 9.83. The number of hydrogen-bond acceptors (Lipinski definition) is 5. The fraction of sp³-hybridized carbons (Fsp3) is 0.300. The summed E-state index contributed by atoms with van der Waals surface area (Å²) >= 11 is 1.32. The van der Waals surface area contributed by atoms with E-state index in [-0.39, 0.29) is 5.91 Å². The van der Waals surface area contributed by atoms with Gasteiger partial charge < -0.3 is 5.73 Å². The number of aryl methyl sites for hydroxylation is 2. The molecule has 1 atom stereocenters. The molecule has 0 saturated carbocycles. The van der Waals surface area contributed by atoms with Crippen LogP contribution in [0.15, 0.2) is 47.9 Å². The lowest BCUT2D eigenvalue weighted by molar-refractivity contribution is -0.117. The average Bonchev–Trinajstić information content (AvgIpc) is 3.10. The molecule has 0 bridgehead atoms. The molecule has 7 heteroatoms. The second-order valence-electron chi connectivity index (χ2n) is 6.18. The van der Waals surface area contributed by atoms with Crippen LogP contribution < -0.4 is 5.73 Å². The number of amides is 1. The first-order valence-corrected chi connectivity index (χ1v) is 9.87. The molecule has 0 aliphatic carbocycles. The van der Waals surface area contributed by atoms with E-state index < -0.39 is 5.25 Å². The quantitative estimate of drug-likeness (QED) is 0.634. The van der Waals surface area contributed by atoms with E-state index in [4.69, 9.17) is 5.73 Å². The van der Waals surface area contributed by atoms with E-state index in [9.17, 15) is 4.79 Å². The fourth-order valence-corrected chi connectivity index (χ4v) is 3.75. The lowest BCUT2D eigenvalue weighted by atomic mass is 10.0. The molecule has 0 unspecified atom stereocenters. The van der Waals surface area contributed by atoms with Crippen LogP contribution in [-0.2, 0) is 17.6 Å². The Kier molecular flexibility index (Phi) is 5.91. The summed E-state index contributed by atoms with van der Waals surface area (Å²) in [5.74, 6) is 0.329. The normalized spacial score (nSPS) is 12.1. The molecule has 2 heterocycles. The smallest absolute Gasteiger partial charge is 0.230 e. The van der Waals surface area contributed by atoms with Crippen LogP contribution in [0.25, 0.3) is 17.1 Å². The number of rotatable bonds is 7. The highest BCUT2D eigenvalue weighted by molar-refractivity contribution is 8.00. The van der Waals surface area contributed by atoms with Gasteiger partial charge in [-0.15, -0.1) is 10.2 Å². The van der Waals surface area contributed by atoms with E-state index in [1.165, 1.54) is 22.9 Å². The van der Waals surface area contributed by atoms with Crippen molar-refractivity contribution >= 4 is 17.7 Å². The summed E-state index contributed by atoms with van der Waals surface area (Å²) < 4.78 is 2.04. The minimum atomic E-state index is -0.409. The number of para-hydroxylation sites is 1. The first-order valence-electron chi connectivity index (χ1n) is 8.99. The van der Waals surface area contributed by atoms with Crippen LogP contribution in [0, 0.1) is 0 Å². The molecule has 1 aromatic carbocycles. The molecule has 0 fully saturated rings. The first-order chi connectivity index (χ1) is 13.1. The number of hydrogen-bond donors (Lipinski definition) is 1. The van der Waals surface area contributed by atoms with Crippen molar-refractivity contribution in [2.75, 3.05) is 0 Å². The highest BCUT2D eigenvalue weighted by Gasteiger charge is 2.23. The van der Waals surface area contributed by atoms with Gasteiger partial charge in [0, 0.05) is 18.0 Å². The molecule has 1 amide bonds. The van der Waals surface area contributed by atoms with Crippen LogP contribution >= 0.6 is 11.8 Å². The molecular formula is C20H23N5OS. The Hall–Kier alpha value is -2.67. The molecule has 3 rings (SSSR count). The Morgan fingerprint density at radius 1 is 1.15 bits per heavy atom. The zero-order valence-corrected chi connectivity index (χ0v) is 16.5. The molecule has 6 nitrogen and oxygen atoms in total. The van der Waals surface area contributed by atoms with Gasteiger partial charge in [-0.25, -0.2) is 0 Å². The second kappa shape index (κ2) is 8.35. The molecule has 0 spiro atoms. The third-order valence-corrected chi connectivity index (χ3v) is 5.49. The molecule has 0 radical (unpaired) electrons. The van der Waals surface area contributed by atoms with Gasteiger partial charge in [0.2, 0.25) is 5.91 Å². The topological polar surface area (TPSA) is 86.7 Å². The van der Waals surface area contributed by atoms with Crippen molar-refractivity contribution in [3.63, 3.8) is 0 Å². The standard InChI is InChI=1S/C20H23N5OS/c1-4-14-8-6-9-15(5-2)17(14)25-19(16-10-7-11-22-12-16)23-24-20(25)27-13(3)18(21)26/h6-13H,4-5H2,1-3H3,(H2,21,26)/t13-/m0/s1. The van der Waals surface area contributed by atoms with Crippen molar-refractivity contribution in [3.8, 4) is 17.1 Å². The summed E-state index contributed by atoms with van der Waals surface area (Å²) in [6.07, 6.45) is 5.26. The van der Waals surface area contributed by atoms with Gasteiger partial charge in [0.25, 0.3) is 0 Å². The van der Waals surface area contributed by atoms with Crippen LogP contribution in [-0.4, -0.2) is 30.9 Å². The van der Waals surface area contributed by atoms with E-state index in [1.807, 2.05) is 16.7 Å². The Morgan fingerprint density at radius 2 is 1.85 bits per heavy atom. The number of thioether (sulfide) groups is 1. The Balaban J connectivity index is 2.26. The van der Waals surface area contributed by atoms with Gasteiger partial charge in [0.05, 0.1) is 10.9 Å². The van der Waals surface area contributed by atoms with Crippen LogP contribution in [0.4, 0.5) is 0 Å². The number of aromatic nitrogens is 4. The van der Waals surface area contributed by atoms with Crippen molar-refractivity contribution in [2.45, 2.75) is 44.0 Å². The number of nitrogens with zero attached hydrogens (tertiary/aromatic N) is 4. The lowest BCUT2D eigenvalue weighted by Gasteiger charge is -2.18. The summed E-state index contributed by atoms with van der Waals surface area (Å²) in [6.45, 7) is 6.04. The van der Waals surface area contributed by atoms with E-state index in [0.29, 0.717) is 11.0 Å².